The molecule has 4 nitrogen and oxygen atoms in total. The van der Waals surface area contributed by atoms with Crippen molar-refractivity contribution in [3.63, 3.8) is 0 Å². The molecule has 16 heavy (non-hydrogen) atoms. The Morgan fingerprint density at radius 1 is 1.25 bits per heavy atom. The molecule has 1 aliphatic heterocycles. The minimum absolute atomic E-state index is 0.220. The highest BCUT2D eigenvalue weighted by Crippen LogP contribution is 2.37. The average molecular weight is 222 g/mol. The molecule has 2 rings (SSSR count). The highest BCUT2D eigenvalue weighted by molar-refractivity contribution is 5.49. The smallest absolute Gasteiger partial charge is 0.231 e. The summed E-state index contributed by atoms with van der Waals surface area (Å²) >= 11 is 0. The molecule has 1 aromatic rings. The van der Waals surface area contributed by atoms with E-state index < -0.39 is 5.54 Å². The second-order valence-electron chi connectivity index (χ2n) is 4.86. The molecule has 0 fully saturated rings. The third-order valence-electron chi connectivity index (χ3n) is 2.90. The van der Waals surface area contributed by atoms with E-state index in [0.29, 0.717) is 0 Å². The van der Waals surface area contributed by atoms with Crippen LogP contribution in [-0.4, -0.2) is 12.3 Å². The van der Waals surface area contributed by atoms with Gasteiger partial charge < -0.3 is 20.9 Å². The average Bonchev–Trinajstić information content (AvgIpc) is 2.60. The predicted molar refractivity (Wildman–Crippen MR) is 62.5 cm³/mol. The minimum Gasteiger partial charge on any atom is -0.454 e. The quantitative estimate of drug-likeness (QED) is 0.794. The molecule has 0 bridgehead atoms. The first-order valence-electron chi connectivity index (χ1n) is 5.34. The number of fused-ring (bicyclic) bond motifs is 1. The Hall–Kier alpha value is -1.26. The molecule has 0 radical (unpaired) electrons. The van der Waals surface area contributed by atoms with Crippen molar-refractivity contribution in [1.82, 2.24) is 0 Å². The fraction of sp³-hybridized carbons (Fsp3) is 0.500. The number of nitrogens with two attached hydrogens (primary N) is 2. The summed E-state index contributed by atoms with van der Waals surface area (Å²) in [5.41, 5.74) is 13.8. The normalized spacial score (nSPS) is 16.3. The van der Waals surface area contributed by atoms with Crippen molar-refractivity contribution in [2.75, 3.05) is 6.79 Å². The Balaban J connectivity index is 2.42. The maximum absolute atomic E-state index is 6.15. The van der Waals surface area contributed by atoms with Gasteiger partial charge in [-0.2, -0.15) is 0 Å². The first kappa shape index (κ1) is 11.2. The molecule has 0 aliphatic carbocycles. The van der Waals surface area contributed by atoms with Crippen LogP contribution in [0, 0.1) is 6.92 Å². The van der Waals surface area contributed by atoms with Gasteiger partial charge in [-0.3, -0.25) is 0 Å². The summed E-state index contributed by atoms with van der Waals surface area (Å²) in [7, 11) is 0. The van der Waals surface area contributed by atoms with Crippen LogP contribution in [0.3, 0.4) is 0 Å². The van der Waals surface area contributed by atoms with Gasteiger partial charge in [0.2, 0.25) is 6.79 Å². The zero-order valence-corrected chi connectivity index (χ0v) is 9.91. The lowest BCUT2D eigenvalue weighted by molar-refractivity contribution is 0.174. The number of benzene rings is 1. The van der Waals surface area contributed by atoms with Crippen molar-refractivity contribution in [2.24, 2.45) is 11.5 Å². The van der Waals surface area contributed by atoms with Crippen LogP contribution in [0.1, 0.15) is 31.0 Å². The van der Waals surface area contributed by atoms with E-state index in [1.165, 1.54) is 0 Å². The fourth-order valence-corrected chi connectivity index (χ4v) is 1.80. The van der Waals surface area contributed by atoms with Gasteiger partial charge in [0.1, 0.15) is 0 Å². The van der Waals surface area contributed by atoms with Gasteiger partial charge in [0.15, 0.2) is 11.5 Å². The topological polar surface area (TPSA) is 70.5 Å². The summed E-state index contributed by atoms with van der Waals surface area (Å²) in [6.45, 7) is 6.12. The molecule has 0 saturated heterocycles. The highest BCUT2D eigenvalue weighted by Gasteiger charge is 2.26. The lowest BCUT2D eigenvalue weighted by Gasteiger charge is -2.28. The van der Waals surface area contributed by atoms with Crippen LogP contribution in [0.2, 0.25) is 0 Å². The SMILES string of the molecule is Cc1cc2c(cc1C(N)C(C)(C)N)OCO2. The molecule has 1 heterocycles. The molecule has 1 aliphatic rings. The molecule has 0 saturated carbocycles. The van der Waals surface area contributed by atoms with Gasteiger partial charge in [-0.1, -0.05) is 0 Å². The summed E-state index contributed by atoms with van der Waals surface area (Å²) in [4.78, 5) is 0. The van der Waals surface area contributed by atoms with E-state index in [0.717, 1.165) is 22.6 Å². The lowest BCUT2D eigenvalue weighted by atomic mass is 9.88. The van der Waals surface area contributed by atoms with Crippen LogP contribution < -0.4 is 20.9 Å². The third kappa shape index (κ3) is 1.86. The molecule has 4 heteroatoms. The summed E-state index contributed by atoms with van der Waals surface area (Å²) in [5.74, 6) is 1.53. The van der Waals surface area contributed by atoms with E-state index in [9.17, 15) is 0 Å². The van der Waals surface area contributed by atoms with Crippen molar-refractivity contribution in [3.8, 4) is 11.5 Å². The van der Waals surface area contributed by atoms with Crippen LogP contribution in [0.4, 0.5) is 0 Å². The number of hydrogen-bond donors (Lipinski definition) is 2. The van der Waals surface area contributed by atoms with E-state index >= 15 is 0 Å². The minimum atomic E-state index is -0.460. The molecule has 88 valence electrons. The van der Waals surface area contributed by atoms with E-state index in [1.807, 2.05) is 32.9 Å². The first-order chi connectivity index (χ1) is 7.39. The van der Waals surface area contributed by atoms with Gasteiger partial charge in [-0.15, -0.1) is 0 Å². The van der Waals surface area contributed by atoms with E-state index in [1.54, 1.807) is 0 Å². The molecule has 0 aromatic heterocycles. The molecule has 1 atom stereocenters. The Morgan fingerprint density at radius 3 is 2.38 bits per heavy atom. The Labute approximate surface area is 95.5 Å². The van der Waals surface area contributed by atoms with E-state index in [4.69, 9.17) is 20.9 Å². The van der Waals surface area contributed by atoms with Gasteiger partial charge >= 0.3 is 0 Å². The van der Waals surface area contributed by atoms with Crippen LogP contribution in [-0.2, 0) is 0 Å². The van der Waals surface area contributed by atoms with Crippen molar-refractivity contribution in [2.45, 2.75) is 32.4 Å². The molecule has 4 N–H and O–H groups in total. The van der Waals surface area contributed by atoms with Crippen LogP contribution in [0.5, 0.6) is 11.5 Å². The summed E-state index contributed by atoms with van der Waals surface area (Å²) in [6, 6.07) is 3.65. The van der Waals surface area contributed by atoms with Crippen LogP contribution >= 0.6 is 0 Å². The first-order valence-corrected chi connectivity index (χ1v) is 5.34. The van der Waals surface area contributed by atoms with Gasteiger partial charge in [-0.05, 0) is 44.0 Å². The van der Waals surface area contributed by atoms with Crippen molar-refractivity contribution in [3.05, 3.63) is 23.3 Å². The molecule has 1 unspecified atom stereocenters. The molecular formula is C12H18N2O2. The number of aryl methyl sites for hydroxylation is 1. The van der Waals surface area contributed by atoms with Crippen LogP contribution in [0.15, 0.2) is 12.1 Å². The summed E-state index contributed by atoms with van der Waals surface area (Å²) in [6.07, 6.45) is 0. The molecule has 1 aromatic carbocycles. The number of hydrogen-bond acceptors (Lipinski definition) is 4. The molecular weight excluding hydrogens is 204 g/mol. The van der Waals surface area contributed by atoms with Gasteiger partial charge in [0.25, 0.3) is 0 Å². The number of ether oxygens (including phenoxy) is 2. The lowest BCUT2D eigenvalue weighted by Crippen LogP contribution is -2.44. The molecule has 0 amide bonds. The maximum atomic E-state index is 6.15. The maximum Gasteiger partial charge on any atom is 0.231 e. The fourth-order valence-electron chi connectivity index (χ4n) is 1.80. The molecule has 0 spiro atoms. The largest absolute Gasteiger partial charge is 0.454 e. The van der Waals surface area contributed by atoms with Crippen molar-refractivity contribution in [1.29, 1.82) is 0 Å². The predicted octanol–water partition coefficient (Wildman–Crippen LogP) is 1.46. The zero-order chi connectivity index (χ0) is 11.9. The second kappa shape index (κ2) is 3.64. The Bertz CT molecular complexity index is 410. The Kier molecular flexibility index (Phi) is 2.56. The highest BCUT2D eigenvalue weighted by atomic mass is 16.7. The third-order valence-corrected chi connectivity index (χ3v) is 2.90. The van der Waals surface area contributed by atoms with E-state index in [2.05, 4.69) is 0 Å². The van der Waals surface area contributed by atoms with E-state index in [-0.39, 0.29) is 12.8 Å². The summed E-state index contributed by atoms with van der Waals surface area (Å²) < 4.78 is 10.6. The number of rotatable bonds is 2. The van der Waals surface area contributed by atoms with Gasteiger partial charge in [0, 0.05) is 11.6 Å². The second-order valence-corrected chi connectivity index (χ2v) is 4.86. The summed E-state index contributed by atoms with van der Waals surface area (Å²) in [5, 5.41) is 0. The zero-order valence-electron chi connectivity index (χ0n) is 9.91. The van der Waals surface area contributed by atoms with Gasteiger partial charge in [-0.25, -0.2) is 0 Å². The monoisotopic (exact) mass is 222 g/mol. The standard InChI is InChI=1S/C12H18N2O2/c1-7-4-9-10(16-6-15-9)5-8(7)11(13)12(2,3)14/h4-5,11H,6,13-14H2,1-3H3. The Morgan fingerprint density at radius 2 is 1.81 bits per heavy atom. The van der Waals surface area contributed by atoms with Crippen LogP contribution in [0.25, 0.3) is 0 Å². The van der Waals surface area contributed by atoms with Crippen molar-refractivity contribution < 1.29 is 9.47 Å². The van der Waals surface area contributed by atoms with Crippen molar-refractivity contribution >= 4 is 0 Å². The van der Waals surface area contributed by atoms with Gasteiger partial charge in [0.05, 0.1) is 0 Å².